The maximum Gasteiger partial charge on any atom is 0.306 e. The average molecular weight is 481 g/mol. The minimum Gasteiger partial charge on any atom is -0.491 e. The first kappa shape index (κ1) is 26.0. The van der Waals surface area contributed by atoms with Gasteiger partial charge in [-0.1, -0.05) is 29.8 Å². The van der Waals surface area contributed by atoms with Crippen LogP contribution in [0.4, 0.5) is 0 Å². The van der Waals surface area contributed by atoms with E-state index in [4.69, 9.17) is 25.8 Å². The van der Waals surface area contributed by atoms with Crippen LogP contribution in [0.25, 0.3) is 0 Å². The fourth-order valence-electron chi connectivity index (χ4n) is 4.85. The van der Waals surface area contributed by atoms with Crippen LogP contribution < -0.4 is 4.74 Å². The van der Waals surface area contributed by atoms with Crippen LogP contribution in [0.15, 0.2) is 36.4 Å². The van der Waals surface area contributed by atoms with Crippen LogP contribution in [-0.4, -0.2) is 53.8 Å². The summed E-state index contributed by atoms with van der Waals surface area (Å²) < 4.78 is 17.0. The summed E-state index contributed by atoms with van der Waals surface area (Å²) in [6.45, 7) is 4.51. The summed E-state index contributed by atoms with van der Waals surface area (Å²) in [5, 5.41) is 21.5. The molecule has 0 amide bonds. The van der Waals surface area contributed by atoms with Crippen LogP contribution in [0.5, 0.6) is 5.75 Å². The number of carbonyl (C=O) groups excluding carboxylic acids is 1. The van der Waals surface area contributed by atoms with Crippen molar-refractivity contribution in [1.29, 1.82) is 0 Å². The van der Waals surface area contributed by atoms with Crippen LogP contribution in [0.2, 0.25) is 5.02 Å². The zero-order chi connectivity index (χ0) is 23.8. The van der Waals surface area contributed by atoms with Crippen molar-refractivity contribution in [2.75, 3.05) is 13.2 Å². The molecule has 1 saturated heterocycles. The number of carbonyl (C=O) groups is 1. The van der Waals surface area contributed by atoms with Gasteiger partial charge in [-0.2, -0.15) is 0 Å². The largest absolute Gasteiger partial charge is 0.491 e. The maximum atomic E-state index is 11.7. The maximum absolute atomic E-state index is 11.7. The van der Waals surface area contributed by atoms with Crippen molar-refractivity contribution < 1.29 is 29.2 Å². The predicted molar refractivity (Wildman–Crippen MR) is 127 cm³/mol. The third-order valence-electron chi connectivity index (χ3n) is 6.48. The van der Waals surface area contributed by atoms with E-state index in [1.54, 1.807) is 30.3 Å². The lowest BCUT2D eigenvalue weighted by atomic mass is 9.86. The zero-order valence-electron chi connectivity index (χ0n) is 19.6. The fourth-order valence-corrected chi connectivity index (χ4v) is 5.03. The summed E-state index contributed by atoms with van der Waals surface area (Å²) in [6.07, 6.45) is 7.13. The summed E-state index contributed by atoms with van der Waals surface area (Å²) in [5.41, 5.74) is 0. The smallest absolute Gasteiger partial charge is 0.306 e. The Hall–Kier alpha value is -1.60. The summed E-state index contributed by atoms with van der Waals surface area (Å²) >= 11 is 5.96. The minimum atomic E-state index is -0.778. The van der Waals surface area contributed by atoms with Gasteiger partial charge in [-0.05, 0) is 69.6 Å². The lowest BCUT2D eigenvalue weighted by molar-refractivity contribution is -0.147. The molecule has 0 radical (unpaired) electrons. The van der Waals surface area contributed by atoms with E-state index in [1.165, 1.54) is 0 Å². The van der Waals surface area contributed by atoms with E-state index in [-0.39, 0.29) is 36.6 Å². The number of hydrogen-bond donors (Lipinski definition) is 2. The molecule has 0 bridgehead atoms. The molecule has 2 fully saturated rings. The summed E-state index contributed by atoms with van der Waals surface area (Å²) in [5.74, 6) is 1.07. The topological polar surface area (TPSA) is 85.2 Å². The van der Waals surface area contributed by atoms with Gasteiger partial charge in [0, 0.05) is 30.4 Å². The second-order valence-corrected chi connectivity index (χ2v) is 9.95. The van der Waals surface area contributed by atoms with Gasteiger partial charge in [-0.3, -0.25) is 4.79 Å². The highest BCUT2D eigenvalue weighted by Gasteiger charge is 2.43. The quantitative estimate of drug-likeness (QED) is 0.377. The Morgan fingerprint density at radius 1 is 1.33 bits per heavy atom. The highest BCUT2D eigenvalue weighted by Crippen LogP contribution is 2.42. The molecule has 3 rings (SSSR count). The molecule has 2 N–H and O–H groups in total. The van der Waals surface area contributed by atoms with E-state index < -0.39 is 12.2 Å². The molecular weight excluding hydrogens is 444 g/mol. The highest BCUT2D eigenvalue weighted by atomic mass is 35.5. The third-order valence-corrected chi connectivity index (χ3v) is 6.71. The molecule has 184 valence electrons. The zero-order valence-corrected chi connectivity index (χ0v) is 20.3. The molecule has 1 aromatic rings. The molecule has 2 aliphatic rings. The molecule has 0 aromatic heterocycles. The Morgan fingerprint density at radius 2 is 2.15 bits per heavy atom. The molecule has 6 atom stereocenters. The van der Waals surface area contributed by atoms with Crippen molar-refractivity contribution in [3.63, 3.8) is 0 Å². The molecular formula is C26H37ClO6. The molecule has 7 heteroatoms. The molecule has 0 spiro atoms. The Kier molecular flexibility index (Phi) is 10.0. The fraction of sp³-hybridized carbons (Fsp3) is 0.654. The highest BCUT2D eigenvalue weighted by molar-refractivity contribution is 6.30. The molecule has 33 heavy (non-hydrogen) atoms. The van der Waals surface area contributed by atoms with Gasteiger partial charge in [0.1, 0.15) is 18.5 Å². The molecule has 1 aromatic carbocycles. The number of ether oxygens (including phenoxy) is 3. The van der Waals surface area contributed by atoms with E-state index in [1.807, 2.05) is 19.9 Å². The summed E-state index contributed by atoms with van der Waals surface area (Å²) in [7, 11) is 0. The average Bonchev–Trinajstić information content (AvgIpc) is 2.92. The number of aliphatic hydroxyl groups is 2. The van der Waals surface area contributed by atoms with Crippen molar-refractivity contribution in [2.24, 2.45) is 17.8 Å². The van der Waals surface area contributed by atoms with Gasteiger partial charge in [0.05, 0.1) is 18.3 Å². The predicted octanol–water partition coefficient (Wildman–Crippen LogP) is 4.55. The van der Waals surface area contributed by atoms with Crippen molar-refractivity contribution >= 4 is 17.6 Å². The summed E-state index contributed by atoms with van der Waals surface area (Å²) in [6, 6.07) is 7.06. The lowest BCUT2D eigenvalue weighted by Gasteiger charge is -2.21. The van der Waals surface area contributed by atoms with Crippen molar-refractivity contribution in [1.82, 2.24) is 0 Å². The second-order valence-electron chi connectivity index (χ2n) is 9.51. The third kappa shape index (κ3) is 8.29. The molecule has 6 nitrogen and oxygen atoms in total. The Bertz CT molecular complexity index is 782. The standard InChI is InChI=1S/C26H37ClO6/c1-17(2)33-26(30)8-3-5-18-9-11-23-22(24(29)14-25(23)32-15-18)12-10-20(28)16-31-21-7-4-6-19(27)13-21/h4,6-7,10,12-13,17-18,20,22-25,28-29H,3,5,8-9,11,14-16H2,1-2H3/t18-,20-,22+,23+,24+,25-/m0/s1. The van der Waals surface area contributed by atoms with Gasteiger partial charge in [0.2, 0.25) is 0 Å². The Balaban J connectivity index is 1.45. The van der Waals surface area contributed by atoms with E-state index >= 15 is 0 Å². The molecule has 1 saturated carbocycles. The molecule has 0 unspecified atom stereocenters. The van der Waals surface area contributed by atoms with Crippen molar-refractivity contribution in [3.8, 4) is 5.75 Å². The first-order chi connectivity index (χ1) is 15.8. The minimum absolute atomic E-state index is 0.0328. The Morgan fingerprint density at radius 3 is 2.91 bits per heavy atom. The van der Waals surface area contributed by atoms with Gasteiger partial charge in [0.15, 0.2) is 0 Å². The monoisotopic (exact) mass is 480 g/mol. The van der Waals surface area contributed by atoms with Crippen molar-refractivity contribution in [3.05, 3.63) is 41.4 Å². The van der Waals surface area contributed by atoms with Gasteiger partial charge in [0.25, 0.3) is 0 Å². The summed E-state index contributed by atoms with van der Waals surface area (Å²) in [4.78, 5) is 11.7. The molecule has 1 aliphatic heterocycles. The second kappa shape index (κ2) is 12.7. The number of halogens is 1. The van der Waals surface area contributed by atoms with E-state index in [0.29, 0.717) is 36.1 Å². The molecule has 1 heterocycles. The number of aliphatic hydroxyl groups excluding tert-OH is 2. The molecule has 1 aliphatic carbocycles. The number of hydrogen-bond acceptors (Lipinski definition) is 6. The van der Waals surface area contributed by atoms with E-state index in [2.05, 4.69) is 0 Å². The van der Waals surface area contributed by atoms with Crippen LogP contribution in [0, 0.1) is 17.8 Å². The SMILES string of the molecule is CC(C)OC(=O)CCC[C@H]1CC[C@@H]2[C@@H](C=C[C@H](O)COc3cccc(Cl)c3)[C@H](O)C[C@@H]2OC1. The Labute approximate surface area is 201 Å². The first-order valence-electron chi connectivity index (χ1n) is 12.1. The number of benzene rings is 1. The normalized spacial score (nSPS) is 28.5. The van der Waals surface area contributed by atoms with Crippen molar-refractivity contribution in [2.45, 2.75) is 76.8 Å². The van der Waals surface area contributed by atoms with Crippen LogP contribution in [0.1, 0.15) is 52.4 Å². The first-order valence-corrected chi connectivity index (χ1v) is 12.4. The van der Waals surface area contributed by atoms with Crippen LogP contribution in [-0.2, 0) is 14.3 Å². The van der Waals surface area contributed by atoms with Crippen LogP contribution >= 0.6 is 11.6 Å². The number of esters is 1. The lowest BCUT2D eigenvalue weighted by Crippen LogP contribution is -2.22. The van der Waals surface area contributed by atoms with Gasteiger partial charge in [-0.15, -0.1) is 0 Å². The van der Waals surface area contributed by atoms with Gasteiger partial charge in [-0.25, -0.2) is 0 Å². The van der Waals surface area contributed by atoms with E-state index in [9.17, 15) is 15.0 Å². The number of fused-ring (bicyclic) bond motifs is 1. The van der Waals surface area contributed by atoms with E-state index in [0.717, 1.165) is 25.7 Å². The van der Waals surface area contributed by atoms with Gasteiger partial charge >= 0.3 is 5.97 Å². The van der Waals surface area contributed by atoms with Gasteiger partial charge < -0.3 is 24.4 Å². The van der Waals surface area contributed by atoms with Crippen LogP contribution in [0.3, 0.4) is 0 Å². The number of rotatable bonds is 10.